The van der Waals surface area contributed by atoms with Crippen molar-refractivity contribution in [3.8, 4) is 0 Å². The summed E-state index contributed by atoms with van der Waals surface area (Å²) in [5.74, 6) is -2.74. The number of benzene rings is 1. The Morgan fingerprint density at radius 1 is 1.11 bits per heavy atom. The highest BCUT2D eigenvalue weighted by molar-refractivity contribution is 7.92. The summed E-state index contributed by atoms with van der Waals surface area (Å²) in [5, 5.41) is 3.11. The molecule has 3 rings (SSSR count). The van der Waals surface area contributed by atoms with Crippen molar-refractivity contribution in [3.05, 3.63) is 66.0 Å². The van der Waals surface area contributed by atoms with Crippen LogP contribution in [0.5, 0.6) is 0 Å². The van der Waals surface area contributed by atoms with Crippen LogP contribution in [-0.2, 0) is 33.6 Å². The van der Waals surface area contributed by atoms with Crippen LogP contribution in [0.3, 0.4) is 0 Å². The standard InChI is InChI=1S/C34H47NO8S/c1-9-41-25(8)29(43-33(38)42-10-2)18-22(5)17-26-19-23(6)24(7)31-28(16-21(3)4)35-32(37)34(26,31)30(36)20-44(39,40)27-14-12-11-13-15-27/h11-15,17,19,21,24,26,28-29,31H,8-10,16,18,20H2,1-7H3,(H,35,37)/b22-17+/t24-,26+,28+,29?,31+,34-/m1/s1. The second-order valence-electron chi connectivity index (χ2n) is 12.2. The zero-order chi connectivity index (χ0) is 32.8. The number of sulfone groups is 1. The fourth-order valence-electron chi connectivity index (χ4n) is 6.64. The number of rotatable bonds is 14. The molecule has 0 saturated carbocycles. The highest BCUT2D eigenvalue weighted by atomic mass is 32.2. The van der Waals surface area contributed by atoms with Gasteiger partial charge in [-0.25, -0.2) is 13.2 Å². The zero-order valence-corrected chi connectivity index (χ0v) is 27.7. The molecule has 9 nitrogen and oxygen atoms in total. The van der Waals surface area contributed by atoms with Gasteiger partial charge in [0.1, 0.15) is 16.9 Å². The maximum Gasteiger partial charge on any atom is 0.508 e. The van der Waals surface area contributed by atoms with E-state index in [9.17, 15) is 22.8 Å². The monoisotopic (exact) mass is 629 g/mol. The Balaban J connectivity index is 2.12. The number of fused-ring (bicyclic) bond motifs is 1. The largest absolute Gasteiger partial charge is 0.508 e. The molecule has 0 radical (unpaired) electrons. The molecule has 1 aromatic carbocycles. The molecule has 1 aliphatic carbocycles. The molecule has 6 atom stereocenters. The van der Waals surface area contributed by atoms with E-state index in [4.69, 9.17) is 14.2 Å². The molecule has 2 aliphatic rings. The van der Waals surface area contributed by atoms with E-state index < -0.39 is 56.8 Å². The molecule has 1 unspecified atom stereocenters. The Morgan fingerprint density at radius 3 is 2.34 bits per heavy atom. The molecule has 10 heteroatoms. The summed E-state index contributed by atoms with van der Waals surface area (Å²) in [7, 11) is -4.03. The minimum atomic E-state index is -4.03. The van der Waals surface area contributed by atoms with E-state index in [1.165, 1.54) is 12.1 Å². The van der Waals surface area contributed by atoms with Crippen molar-refractivity contribution in [2.45, 2.75) is 78.3 Å². The third kappa shape index (κ3) is 7.45. The van der Waals surface area contributed by atoms with Crippen molar-refractivity contribution in [2.24, 2.45) is 29.1 Å². The average molecular weight is 630 g/mol. The van der Waals surface area contributed by atoms with Gasteiger partial charge in [-0.2, -0.15) is 0 Å². The van der Waals surface area contributed by atoms with Gasteiger partial charge in [0, 0.05) is 24.3 Å². The van der Waals surface area contributed by atoms with Crippen LogP contribution in [0.2, 0.25) is 0 Å². The van der Waals surface area contributed by atoms with Crippen LogP contribution < -0.4 is 5.32 Å². The number of Topliss-reactive ketones (excluding diaryl/α,β-unsaturated/α-hetero) is 1. The number of hydrogen-bond acceptors (Lipinski definition) is 8. The molecule has 1 saturated heterocycles. The maximum absolute atomic E-state index is 14.5. The molecule has 1 N–H and O–H groups in total. The van der Waals surface area contributed by atoms with Gasteiger partial charge in [-0.15, -0.1) is 0 Å². The lowest BCUT2D eigenvalue weighted by Crippen LogP contribution is -2.54. The van der Waals surface area contributed by atoms with E-state index in [1.54, 1.807) is 32.0 Å². The van der Waals surface area contributed by atoms with Crippen molar-refractivity contribution in [3.63, 3.8) is 0 Å². The molecule has 1 aromatic rings. The van der Waals surface area contributed by atoms with Gasteiger partial charge < -0.3 is 19.5 Å². The van der Waals surface area contributed by atoms with Gasteiger partial charge in [-0.1, -0.05) is 68.8 Å². The summed E-state index contributed by atoms with van der Waals surface area (Å²) in [6, 6.07) is 7.52. The van der Waals surface area contributed by atoms with Crippen LogP contribution in [-0.4, -0.2) is 57.4 Å². The number of carbonyl (C=O) groups excluding carboxylic acids is 3. The van der Waals surface area contributed by atoms with E-state index in [-0.39, 0.29) is 41.6 Å². The maximum atomic E-state index is 14.5. The molecule has 1 aliphatic heterocycles. The molecule has 44 heavy (non-hydrogen) atoms. The Morgan fingerprint density at radius 2 is 1.75 bits per heavy atom. The van der Waals surface area contributed by atoms with E-state index in [2.05, 4.69) is 25.7 Å². The van der Waals surface area contributed by atoms with Gasteiger partial charge in [-0.05, 0) is 58.1 Å². The first-order chi connectivity index (χ1) is 20.7. The average Bonchev–Trinajstić information content (AvgIpc) is 3.23. The summed E-state index contributed by atoms with van der Waals surface area (Å²) in [5.41, 5.74) is 0.0816. The van der Waals surface area contributed by atoms with Gasteiger partial charge in [0.15, 0.2) is 21.7 Å². The summed E-state index contributed by atoms with van der Waals surface area (Å²) in [6.07, 6.45) is 2.82. The molecular formula is C34H47NO8S. The van der Waals surface area contributed by atoms with Crippen molar-refractivity contribution in [1.82, 2.24) is 5.32 Å². The minimum absolute atomic E-state index is 0.0330. The topological polar surface area (TPSA) is 125 Å². The first-order valence-electron chi connectivity index (χ1n) is 15.3. The molecule has 1 fully saturated rings. The SMILES string of the molecule is C=C(OCC)C(C/C(C)=C/[C@H]1C=C(C)[C@@H](C)[C@H]2[C@H](CC(C)C)NC(=O)[C@]21C(=O)CS(=O)(=O)c1ccccc1)OC(=O)OCC. The second-order valence-corrected chi connectivity index (χ2v) is 14.2. The van der Waals surface area contributed by atoms with Crippen molar-refractivity contribution in [2.75, 3.05) is 19.0 Å². The van der Waals surface area contributed by atoms with E-state index >= 15 is 0 Å². The number of ether oxygens (including phenoxy) is 3. The van der Waals surface area contributed by atoms with Gasteiger partial charge in [0.05, 0.1) is 18.1 Å². The molecule has 0 aromatic heterocycles. The van der Waals surface area contributed by atoms with Gasteiger partial charge in [0.25, 0.3) is 0 Å². The number of carbonyl (C=O) groups is 3. The fraction of sp³-hybridized carbons (Fsp3) is 0.559. The molecule has 1 amide bonds. The summed E-state index contributed by atoms with van der Waals surface area (Å²) < 4.78 is 43.0. The van der Waals surface area contributed by atoms with Crippen LogP contribution in [0.4, 0.5) is 4.79 Å². The third-order valence-corrected chi connectivity index (χ3v) is 10.3. The van der Waals surface area contributed by atoms with Crippen LogP contribution in [0, 0.1) is 29.1 Å². The Kier molecular flexibility index (Phi) is 11.6. The molecule has 0 bridgehead atoms. The van der Waals surface area contributed by atoms with Gasteiger partial charge >= 0.3 is 6.16 Å². The predicted octanol–water partition coefficient (Wildman–Crippen LogP) is 5.82. The number of ketones is 1. The summed E-state index contributed by atoms with van der Waals surface area (Å²) in [4.78, 5) is 40.9. The number of amides is 1. The lowest BCUT2D eigenvalue weighted by molar-refractivity contribution is -0.143. The first-order valence-corrected chi connectivity index (χ1v) is 17.0. The first kappa shape index (κ1) is 35.1. The van der Waals surface area contributed by atoms with Crippen molar-refractivity contribution < 1.29 is 37.0 Å². The quantitative estimate of drug-likeness (QED) is 0.118. The third-order valence-electron chi connectivity index (χ3n) is 8.65. The summed E-state index contributed by atoms with van der Waals surface area (Å²) in [6.45, 7) is 17.7. The zero-order valence-electron chi connectivity index (χ0n) is 26.9. The smallest absolute Gasteiger partial charge is 0.495 e. The molecule has 0 spiro atoms. The fourth-order valence-corrected chi connectivity index (χ4v) is 7.96. The van der Waals surface area contributed by atoms with Crippen molar-refractivity contribution in [1.29, 1.82) is 0 Å². The van der Waals surface area contributed by atoms with Crippen molar-refractivity contribution >= 4 is 27.7 Å². The minimum Gasteiger partial charge on any atom is -0.495 e. The lowest BCUT2D eigenvalue weighted by Gasteiger charge is -2.45. The van der Waals surface area contributed by atoms with Crippen LogP contribution >= 0.6 is 0 Å². The van der Waals surface area contributed by atoms with Crippen LogP contribution in [0.1, 0.15) is 61.3 Å². The van der Waals surface area contributed by atoms with E-state index in [1.807, 2.05) is 32.9 Å². The van der Waals surface area contributed by atoms with E-state index in [0.717, 1.165) is 5.57 Å². The second kappa shape index (κ2) is 14.6. The number of hydrogen-bond donors (Lipinski definition) is 1. The number of allylic oxidation sites excluding steroid dienone is 3. The Labute approximate surface area is 262 Å². The van der Waals surface area contributed by atoms with Gasteiger partial charge in [0.2, 0.25) is 5.91 Å². The highest BCUT2D eigenvalue weighted by Crippen LogP contribution is 2.55. The summed E-state index contributed by atoms with van der Waals surface area (Å²) >= 11 is 0. The molecule has 1 heterocycles. The Hall–Kier alpha value is -3.40. The van der Waals surface area contributed by atoms with E-state index in [0.29, 0.717) is 18.6 Å². The number of nitrogens with one attached hydrogen (secondary N) is 1. The lowest BCUT2D eigenvalue weighted by atomic mass is 9.55. The Bertz CT molecular complexity index is 1400. The molecular weight excluding hydrogens is 582 g/mol. The molecule has 242 valence electrons. The van der Waals surface area contributed by atoms with Crippen LogP contribution in [0.25, 0.3) is 0 Å². The predicted molar refractivity (Wildman–Crippen MR) is 168 cm³/mol. The highest BCUT2D eigenvalue weighted by Gasteiger charge is 2.65. The van der Waals surface area contributed by atoms with Gasteiger partial charge in [-0.3, -0.25) is 9.59 Å². The van der Waals surface area contributed by atoms with Crippen LogP contribution in [0.15, 0.2) is 70.9 Å². The normalized spacial score (nSPS) is 25.9.